The van der Waals surface area contributed by atoms with Crippen LogP contribution >= 0.6 is 0 Å². The number of allylic oxidation sites excluding steroid dienone is 1. The van der Waals surface area contributed by atoms with E-state index in [9.17, 15) is 0 Å². The number of aliphatic hydroxyl groups is 1. The molecule has 0 saturated heterocycles. The van der Waals surface area contributed by atoms with E-state index in [2.05, 4.69) is 6.08 Å². The van der Waals surface area contributed by atoms with Gasteiger partial charge in [0.15, 0.2) is 0 Å². The second-order valence-electron chi connectivity index (χ2n) is 2.85. The first-order valence-electron chi connectivity index (χ1n) is 3.22. The molecule has 0 aliphatic heterocycles. The Morgan fingerprint density at radius 1 is 1.25 bits per heavy atom. The smallest absolute Gasteiger partial charge is 0.0723 e. The molecule has 1 N–H and O–H groups in total. The fourth-order valence-electron chi connectivity index (χ4n) is 1.44. The number of hydrogen-bond donors (Lipinski definition) is 1. The standard InChI is InChI=1S/C7H10O/c8-7-2-1-5-3-6(5)4-7/h1-2,5-8H,3-4H2/t5-,6-,7+/m1/s1. The van der Waals surface area contributed by atoms with Crippen LogP contribution in [0.1, 0.15) is 12.8 Å². The Morgan fingerprint density at radius 3 is 2.75 bits per heavy atom. The Bertz CT molecular complexity index is 128. The molecule has 1 saturated carbocycles. The predicted molar refractivity (Wildman–Crippen MR) is 31.4 cm³/mol. The highest BCUT2D eigenvalue weighted by molar-refractivity contribution is 5.10. The van der Waals surface area contributed by atoms with E-state index in [0.29, 0.717) is 0 Å². The first kappa shape index (κ1) is 4.57. The number of rotatable bonds is 0. The van der Waals surface area contributed by atoms with Gasteiger partial charge in [0.05, 0.1) is 6.10 Å². The highest BCUT2D eigenvalue weighted by Crippen LogP contribution is 2.45. The molecule has 2 aliphatic carbocycles. The Hall–Kier alpha value is -0.300. The summed E-state index contributed by atoms with van der Waals surface area (Å²) in [7, 11) is 0. The lowest BCUT2D eigenvalue weighted by atomic mass is 10.1. The number of hydrogen-bond acceptors (Lipinski definition) is 1. The molecule has 1 heteroatoms. The summed E-state index contributed by atoms with van der Waals surface area (Å²) in [4.78, 5) is 0. The fourth-order valence-corrected chi connectivity index (χ4v) is 1.44. The SMILES string of the molecule is O[C@H]1C=C[C@@H]2C[C@@H]2C1. The lowest BCUT2D eigenvalue weighted by Gasteiger charge is -2.07. The molecule has 0 aromatic rings. The average molecular weight is 110 g/mol. The first-order valence-corrected chi connectivity index (χ1v) is 3.22. The van der Waals surface area contributed by atoms with Crippen molar-refractivity contribution in [3.05, 3.63) is 12.2 Å². The first-order chi connectivity index (χ1) is 3.86. The minimum absolute atomic E-state index is 0.126. The Labute approximate surface area is 49.0 Å². The van der Waals surface area contributed by atoms with Crippen LogP contribution in [0.4, 0.5) is 0 Å². The molecule has 0 aromatic heterocycles. The van der Waals surface area contributed by atoms with E-state index < -0.39 is 0 Å². The summed E-state index contributed by atoms with van der Waals surface area (Å²) in [5.41, 5.74) is 0. The largest absolute Gasteiger partial charge is 0.389 e. The minimum Gasteiger partial charge on any atom is -0.389 e. The molecule has 1 nitrogen and oxygen atoms in total. The van der Waals surface area contributed by atoms with Gasteiger partial charge >= 0.3 is 0 Å². The zero-order valence-electron chi connectivity index (χ0n) is 4.75. The number of aliphatic hydroxyl groups excluding tert-OH is 1. The molecule has 2 rings (SSSR count). The van der Waals surface area contributed by atoms with Crippen molar-refractivity contribution in [2.75, 3.05) is 0 Å². The van der Waals surface area contributed by atoms with E-state index in [1.165, 1.54) is 6.42 Å². The summed E-state index contributed by atoms with van der Waals surface area (Å²) in [6.45, 7) is 0. The molecule has 0 spiro atoms. The second-order valence-corrected chi connectivity index (χ2v) is 2.85. The van der Waals surface area contributed by atoms with Crippen LogP contribution < -0.4 is 0 Å². The van der Waals surface area contributed by atoms with Gasteiger partial charge in [-0.2, -0.15) is 0 Å². The van der Waals surface area contributed by atoms with Crippen LogP contribution in [-0.4, -0.2) is 11.2 Å². The van der Waals surface area contributed by atoms with Crippen molar-refractivity contribution in [3.8, 4) is 0 Å². The van der Waals surface area contributed by atoms with E-state index in [0.717, 1.165) is 18.3 Å². The fraction of sp³-hybridized carbons (Fsp3) is 0.714. The molecule has 0 amide bonds. The van der Waals surface area contributed by atoms with Gasteiger partial charge in [-0.25, -0.2) is 0 Å². The van der Waals surface area contributed by atoms with Gasteiger partial charge in [0, 0.05) is 0 Å². The van der Waals surface area contributed by atoms with Gasteiger partial charge in [-0.15, -0.1) is 0 Å². The summed E-state index contributed by atoms with van der Waals surface area (Å²) >= 11 is 0. The zero-order valence-corrected chi connectivity index (χ0v) is 4.75. The van der Waals surface area contributed by atoms with Crippen molar-refractivity contribution in [2.45, 2.75) is 18.9 Å². The van der Waals surface area contributed by atoms with Crippen LogP contribution in [0.25, 0.3) is 0 Å². The summed E-state index contributed by atoms with van der Waals surface area (Å²) < 4.78 is 0. The second kappa shape index (κ2) is 1.35. The molecule has 1 fully saturated rings. The number of fused-ring (bicyclic) bond motifs is 1. The van der Waals surface area contributed by atoms with Crippen molar-refractivity contribution in [1.29, 1.82) is 0 Å². The van der Waals surface area contributed by atoms with Gasteiger partial charge < -0.3 is 5.11 Å². The normalized spacial score (nSPS) is 50.9. The van der Waals surface area contributed by atoms with Crippen LogP contribution in [0.15, 0.2) is 12.2 Å². The molecule has 3 atom stereocenters. The van der Waals surface area contributed by atoms with Crippen molar-refractivity contribution in [3.63, 3.8) is 0 Å². The Balaban J connectivity index is 2.11. The van der Waals surface area contributed by atoms with E-state index in [1.54, 1.807) is 0 Å². The van der Waals surface area contributed by atoms with Gasteiger partial charge in [0.2, 0.25) is 0 Å². The summed E-state index contributed by atoms with van der Waals surface area (Å²) in [5, 5.41) is 9.02. The maximum Gasteiger partial charge on any atom is 0.0723 e. The lowest BCUT2D eigenvalue weighted by molar-refractivity contribution is 0.198. The molecule has 0 radical (unpaired) electrons. The Kier molecular flexibility index (Phi) is 0.770. The molecule has 0 heterocycles. The molecule has 0 bridgehead atoms. The van der Waals surface area contributed by atoms with Gasteiger partial charge in [-0.05, 0) is 24.7 Å². The van der Waals surface area contributed by atoms with Crippen molar-refractivity contribution in [2.24, 2.45) is 11.8 Å². The van der Waals surface area contributed by atoms with E-state index in [-0.39, 0.29) is 6.10 Å². The van der Waals surface area contributed by atoms with Crippen LogP contribution in [0.3, 0.4) is 0 Å². The quantitative estimate of drug-likeness (QED) is 0.460. The summed E-state index contributed by atoms with van der Waals surface area (Å²) in [6, 6.07) is 0. The minimum atomic E-state index is -0.126. The van der Waals surface area contributed by atoms with Crippen molar-refractivity contribution >= 4 is 0 Å². The molecule has 0 aromatic carbocycles. The van der Waals surface area contributed by atoms with Gasteiger partial charge in [-0.1, -0.05) is 12.2 Å². The van der Waals surface area contributed by atoms with Crippen molar-refractivity contribution in [1.82, 2.24) is 0 Å². The Morgan fingerprint density at radius 2 is 2.12 bits per heavy atom. The van der Waals surface area contributed by atoms with Crippen molar-refractivity contribution < 1.29 is 5.11 Å². The topological polar surface area (TPSA) is 20.2 Å². The summed E-state index contributed by atoms with van der Waals surface area (Å²) in [6.07, 6.45) is 6.29. The molecular formula is C7H10O. The summed E-state index contributed by atoms with van der Waals surface area (Å²) in [5.74, 6) is 1.69. The predicted octanol–water partition coefficient (Wildman–Crippen LogP) is 0.943. The molecular weight excluding hydrogens is 100 g/mol. The van der Waals surface area contributed by atoms with Gasteiger partial charge in [0.25, 0.3) is 0 Å². The van der Waals surface area contributed by atoms with E-state index in [4.69, 9.17) is 5.11 Å². The molecule has 0 unspecified atom stereocenters. The van der Waals surface area contributed by atoms with E-state index in [1.807, 2.05) is 6.08 Å². The van der Waals surface area contributed by atoms with Crippen LogP contribution in [0, 0.1) is 11.8 Å². The van der Waals surface area contributed by atoms with Gasteiger partial charge in [-0.3, -0.25) is 0 Å². The highest BCUT2D eigenvalue weighted by atomic mass is 16.3. The third kappa shape index (κ3) is 0.583. The highest BCUT2D eigenvalue weighted by Gasteiger charge is 2.38. The maximum atomic E-state index is 9.02. The average Bonchev–Trinajstić information content (AvgIpc) is 2.43. The van der Waals surface area contributed by atoms with Crippen LogP contribution in [0.2, 0.25) is 0 Å². The lowest BCUT2D eigenvalue weighted by Crippen LogP contribution is -2.06. The van der Waals surface area contributed by atoms with Crippen LogP contribution in [-0.2, 0) is 0 Å². The van der Waals surface area contributed by atoms with E-state index >= 15 is 0 Å². The molecule has 2 aliphatic rings. The zero-order chi connectivity index (χ0) is 5.56. The molecule has 8 heavy (non-hydrogen) atoms. The maximum absolute atomic E-state index is 9.02. The monoisotopic (exact) mass is 110 g/mol. The van der Waals surface area contributed by atoms with Gasteiger partial charge in [0.1, 0.15) is 0 Å². The third-order valence-corrected chi connectivity index (χ3v) is 2.10. The third-order valence-electron chi connectivity index (χ3n) is 2.10. The van der Waals surface area contributed by atoms with Crippen LogP contribution in [0.5, 0.6) is 0 Å². The molecule has 44 valence electrons.